The summed E-state index contributed by atoms with van der Waals surface area (Å²) in [5.74, 6) is 2.44. The van der Waals surface area contributed by atoms with Crippen molar-refractivity contribution in [1.29, 1.82) is 5.26 Å². The molecule has 0 fully saturated rings. The van der Waals surface area contributed by atoms with Crippen LogP contribution in [0.3, 0.4) is 0 Å². The molecule has 0 amide bonds. The van der Waals surface area contributed by atoms with Gasteiger partial charge in [0.05, 0.1) is 16.5 Å². The van der Waals surface area contributed by atoms with Crippen LogP contribution in [0.2, 0.25) is 0 Å². The molecule has 0 radical (unpaired) electrons. The molecule has 94 valence electrons. The summed E-state index contributed by atoms with van der Waals surface area (Å²) in [5, 5.41) is 8.65. The summed E-state index contributed by atoms with van der Waals surface area (Å²) in [6.07, 6.45) is 6.16. The summed E-state index contributed by atoms with van der Waals surface area (Å²) in [6, 6.07) is 7.42. The highest BCUT2D eigenvalue weighted by atomic mass is 32.2. The third-order valence-corrected chi connectivity index (χ3v) is 4.01. The van der Waals surface area contributed by atoms with Crippen LogP contribution in [0.15, 0.2) is 29.2 Å². The molecule has 1 atom stereocenters. The van der Waals surface area contributed by atoms with Gasteiger partial charge in [0.2, 0.25) is 10.0 Å². The van der Waals surface area contributed by atoms with Crippen molar-refractivity contribution in [2.24, 2.45) is 0 Å². The van der Waals surface area contributed by atoms with Gasteiger partial charge in [0.1, 0.15) is 0 Å². The summed E-state index contributed by atoms with van der Waals surface area (Å²) in [5.41, 5.74) is 0.421. The average molecular weight is 262 g/mol. The first kappa shape index (κ1) is 14.2. The molecule has 0 saturated heterocycles. The van der Waals surface area contributed by atoms with Gasteiger partial charge in [-0.2, -0.15) is 5.26 Å². The van der Waals surface area contributed by atoms with E-state index in [2.05, 4.69) is 10.6 Å². The SMILES string of the molecule is C#CCC(CC)NS(=O)(=O)c1ccc(C#N)cc1. The minimum atomic E-state index is -3.57. The maximum absolute atomic E-state index is 12.0. The van der Waals surface area contributed by atoms with Crippen LogP contribution in [0.5, 0.6) is 0 Å². The van der Waals surface area contributed by atoms with Crippen molar-refractivity contribution in [3.05, 3.63) is 29.8 Å². The van der Waals surface area contributed by atoms with Gasteiger partial charge in [-0.3, -0.25) is 0 Å². The van der Waals surface area contributed by atoms with Crippen LogP contribution in [-0.2, 0) is 10.0 Å². The lowest BCUT2D eigenvalue weighted by Gasteiger charge is -2.14. The quantitative estimate of drug-likeness (QED) is 0.820. The lowest BCUT2D eigenvalue weighted by Crippen LogP contribution is -2.34. The van der Waals surface area contributed by atoms with Crippen LogP contribution < -0.4 is 4.72 Å². The molecule has 0 spiro atoms. The predicted octanol–water partition coefficient (Wildman–Crippen LogP) is 1.64. The zero-order chi connectivity index (χ0) is 13.6. The van der Waals surface area contributed by atoms with Gasteiger partial charge in [0, 0.05) is 12.5 Å². The molecule has 1 unspecified atom stereocenters. The Balaban J connectivity index is 2.92. The van der Waals surface area contributed by atoms with Gasteiger partial charge >= 0.3 is 0 Å². The van der Waals surface area contributed by atoms with Crippen molar-refractivity contribution in [3.63, 3.8) is 0 Å². The zero-order valence-electron chi connectivity index (χ0n) is 10.1. The molecule has 1 rings (SSSR count). The highest BCUT2D eigenvalue weighted by Gasteiger charge is 2.18. The number of benzene rings is 1. The molecular formula is C13H14N2O2S. The van der Waals surface area contributed by atoms with E-state index in [1.807, 2.05) is 13.0 Å². The second-order valence-electron chi connectivity index (χ2n) is 3.77. The van der Waals surface area contributed by atoms with Crippen LogP contribution >= 0.6 is 0 Å². The van der Waals surface area contributed by atoms with E-state index in [0.29, 0.717) is 18.4 Å². The molecule has 0 heterocycles. The van der Waals surface area contributed by atoms with Gasteiger partial charge in [-0.05, 0) is 30.7 Å². The third kappa shape index (κ3) is 3.59. The number of nitrogens with zero attached hydrogens (tertiary/aromatic N) is 1. The molecule has 0 aliphatic rings. The van der Waals surface area contributed by atoms with Crippen molar-refractivity contribution < 1.29 is 8.42 Å². The molecule has 4 nitrogen and oxygen atoms in total. The Kier molecular flexibility index (Phi) is 4.91. The van der Waals surface area contributed by atoms with Gasteiger partial charge in [-0.25, -0.2) is 13.1 Å². The van der Waals surface area contributed by atoms with Gasteiger partial charge in [0.15, 0.2) is 0 Å². The second kappa shape index (κ2) is 6.20. The van der Waals surface area contributed by atoms with Gasteiger partial charge in [0.25, 0.3) is 0 Å². The first-order valence-electron chi connectivity index (χ1n) is 5.49. The first-order valence-corrected chi connectivity index (χ1v) is 6.97. The number of hydrogen-bond donors (Lipinski definition) is 1. The third-order valence-electron chi connectivity index (χ3n) is 2.47. The maximum atomic E-state index is 12.0. The Morgan fingerprint density at radius 3 is 2.44 bits per heavy atom. The molecular weight excluding hydrogens is 248 g/mol. The molecule has 1 aromatic rings. The molecule has 0 saturated carbocycles. The van der Waals surface area contributed by atoms with Crippen molar-refractivity contribution in [2.45, 2.75) is 30.7 Å². The normalized spacial score (nSPS) is 12.4. The van der Waals surface area contributed by atoms with Crippen molar-refractivity contribution in [1.82, 2.24) is 4.72 Å². The Bertz CT molecular complexity index is 577. The lowest BCUT2D eigenvalue weighted by molar-refractivity contribution is 0.544. The van der Waals surface area contributed by atoms with Crippen LogP contribution in [0, 0.1) is 23.7 Å². The summed E-state index contributed by atoms with van der Waals surface area (Å²) in [7, 11) is -3.57. The van der Waals surface area contributed by atoms with E-state index in [-0.39, 0.29) is 10.9 Å². The Morgan fingerprint density at radius 2 is 2.00 bits per heavy atom. The number of nitriles is 1. The monoisotopic (exact) mass is 262 g/mol. The number of hydrogen-bond acceptors (Lipinski definition) is 3. The van der Waals surface area contributed by atoms with Gasteiger partial charge < -0.3 is 0 Å². The van der Waals surface area contributed by atoms with E-state index in [0.717, 1.165) is 0 Å². The summed E-state index contributed by atoms with van der Waals surface area (Å²) >= 11 is 0. The number of rotatable bonds is 5. The summed E-state index contributed by atoms with van der Waals surface area (Å²) < 4.78 is 26.6. The Hall–Kier alpha value is -1.82. The zero-order valence-corrected chi connectivity index (χ0v) is 10.9. The van der Waals surface area contributed by atoms with Crippen molar-refractivity contribution in [3.8, 4) is 18.4 Å². The highest BCUT2D eigenvalue weighted by Crippen LogP contribution is 2.12. The Labute approximate surface area is 108 Å². The number of sulfonamides is 1. The van der Waals surface area contributed by atoms with Crippen molar-refractivity contribution in [2.75, 3.05) is 0 Å². The van der Waals surface area contributed by atoms with Crippen molar-refractivity contribution >= 4 is 10.0 Å². The van der Waals surface area contributed by atoms with E-state index in [1.165, 1.54) is 24.3 Å². The average Bonchev–Trinajstić information content (AvgIpc) is 2.38. The topological polar surface area (TPSA) is 70.0 Å². The fourth-order valence-corrected chi connectivity index (χ4v) is 2.73. The van der Waals surface area contributed by atoms with E-state index in [9.17, 15) is 8.42 Å². The summed E-state index contributed by atoms with van der Waals surface area (Å²) in [6.45, 7) is 1.86. The number of terminal acetylenes is 1. The molecule has 0 aliphatic carbocycles. The lowest BCUT2D eigenvalue weighted by atomic mass is 10.2. The van der Waals surface area contributed by atoms with E-state index >= 15 is 0 Å². The number of nitrogens with one attached hydrogen (secondary N) is 1. The molecule has 0 aliphatic heterocycles. The molecule has 1 aromatic carbocycles. The van der Waals surface area contributed by atoms with Crippen LogP contribution in [-0.4, -0.2) is 14.5 Å². The van der Waals surface area contributed by atoms with Crippen LogP contribution in [0.4, 0.5) is 0 Å². The minimum Gasteiger partial charge on any atom is -0.207 e. The largest absolute Gasteiger partial charge is 0.240 e. The fraction of sp³-hybridized carbons (Fsp3) is 0.308. The molecule has 1 N–H and O–H groups in total. The van der Waals surface area contributed by atoms with E-state index < -0.39 is 10.0 Å². The molecule has 5 heteroatoms. The van der Waals surface area contributed by atoms with E-state index in [1.54, 1.807) is 0 Å². The Morgan fingerprint density at radius 1 is 1.39 bits per heavy atom. The first-order chi connectivity index (χ1) is 8.53. The second-order valence-corrected chi connectivity index (χ2v) is 5.48. The smallest absolute Gasteiger partial charge is 0.207 e. The predicted molar refractivity (Wildman–Crippen MR) is 69.0 cm³/mol. The molecule has 0 aromatic heterocycles. The van der Waals surface area contributed by atoms with E-state index in [4.69, 9.17) is 11.7 Å². The molecule has 18 heavy (non-hydrogen) atoms. The molecule has 0 bridgehead atoms. The van der Waals surface area contributed by atoms with Crippen LogP contribution in [0.1, 0.15) is 25.3 Å². The van der Waals surface area contributed by atoms with Crippen LogP contribution in [0.25, 0.3) is 0 Å². The van der Waals surface area contributed by atoms with Gasteiger partial charge in [-0.1, -0.05) is 6.92 Å². The highest BCUT2D eigenvalue weighted by molar-refractivity contribution is 7.89. The standard InChI is InChI=1S/C13H14N2O2S/c1-3-5-12(4-2)15-18(16,17)13-8-6-11(10-14)7-9-13/h1,6-9,12,15H,4-5H2,2H3. The van der Waals surface area contributed by atoms with Gasteiger partial charge in [-0.15, -0.1) is 12.3 Å². The fourth-order valence-electron chi connectivity index (χ4n) is 1.41. The maximum Gasteiger partial charge on any atom is 0.240 e. The minimum absolute atomic E-state index is 0.136. The summed E-state index contributed by atoms with van der Waals surface area (Å²) in [4.78, 5) is 0.136.